The van der Waals surface area contributed by atoms with Crippen molar-refractivity contribution >= 4 is 46.6 Å². The number of amides is 3. The van der Waals surface area contributed by atoms with E-state index in [-0.39, 0.29) is 24.5 Å². The van der Waals surface area contributed by atoms with Gasteiger partial charge in [0.1, 0.15) is 5.75 Å². The number of ether oxygens (including phenoxy) is 1. The van der Waals surface area contributed by atoms with Crippen molar-refractivity contribution in [1.29, 1.82) is 0 Å². The van der Waals surface area contributed by atoms with Crippen molar-refractivity contribution in [1.82, 2.24) is 4.90 Å². The van der Waals surface area contributed by atoms with Gasteiger partial charge in [0, 0.05) is 12.7 Å². The molecule has 0 fully saturated rings. The van der Waals surface area contributed by atoms with Crippen LogP contribution in [0.4, 0.5) is 5.69 Å². The van der Waals surface area contributed by atoms with Crippen LogP contribution in [-0.4, -0.2) is 42.8 Å². The molecule has 7 nitrogen and oxygen atoms in total. The minimum atomic E-state index is -0.660. The van der Waals surface area contributed by atoms with Crippen LogP contribution in [0.5, 0.6) is 5.75 Å². The highest BCUT2D eigenvalue weighted by molar-refractivity contribution is 6.42. The molecule has 2 rings (SSSR count). The number of hydrogen-bond donors (Lipinski definition) is 2. The van der Waals surface area contributed by atoms with Crippen molar-refractivity contribution in [3.63, 3.8) is 0 Å². The van der Waals surface area contributed by atoms with E-state index >= 15 is 0 Å². The number of para-hydroxylation sites is 1. The van der Waals surface area contributed by atoms with E-state index in [1.54, 1.807) is 24.3 Å². The number of likely N-dealkylation sites (N-methyl/N-ethyl adjacent to an activating group) is 1. The maximum absolute atomic E-state index is 12.2. The molecule has 0 saturated carbocycles. The lowest BCUT2D eigenvalue weighted by molar-refractivity contribution is -0.135. The molecule has 3 amide bonds. The van der Waals surface area contributed by atoms with E-state index in [1.165, 1.54) is 30.1 Å². The molecule has 0 aliphatic carbocycles. The molecule has 2 aromatic carbocycles. The number of nitrogens with one attached hydrogen (secondary N) is 1. The van der Waals surface area contributed by atoms with Crippen molar-refractivity contribution in [2.45, 2.75) is 0 Å². The molecule has 0 saturated heterocycles. The van der Waals surface area contributed by atoms with Gasteiger partial charge in [0.25, 0.3) is 11.8 Å². The second-order valence-corrected chi connectivity index (χ2v) is 6.39. The predicted octanol–water partition coefficient (Wildman–Crippen LogP) is 2.57. The van der Waals surface area contributed by atoms with Crippen LogP contribution >= 0.6 is 23.2 Å². The first-order chi connectivity index (χ1) is 12.8. The van der Waals surface area contributed by atoms with Gasteiger partial charge in [0.2, 0.25) is 5.91 Å². The number of nitrogens with two attached hydrogens (primary N) is 1. The van der Waals surface area contributed by atoms with Crippen molar-refractivity contribution in [3.05, 3.63) is 58.1 Å². The minimum absolute atomic E-state index is 0.172. The second kappa shape index (κ2) is 9.25. The van der Waals surface area contributed by atoms with Crippen LogP contribution in [0, 0.1) is 0 Å². The quantitative estimate of drug-likeness (QED) is 0.733. The molecule has 0 aromatic heterocycles. The Balaban J connectivity index is 1.89. The number of benzene rings is 2. The van der Waals surface area contributed by atoms with E-state index in [4.69, 9.17) is 33.7 Å². The maximum Gasteiger partial charge on any atom is 0.260 e. The normalized spacial score (nSPS) is 10.2. The molecule has 142 valence electrons. The highest BCUT2D eigenvalue weighted by Gasteiger charge is 2.16. The summed E-state index contributed by atoms with van der Waals surface area (Å²) in [5.74, 6) is -1.32. The van der Waals surface area contributed by atoms with E-state index in [0.717, 1.165) is 0 Å². The summed E-state index contributed by atoms with van der Waals surface area (Å²) < 4.78 is 5.35. The molecule has 3 N–H and O–H groups in total. The molecular formula is C18H17Cl2N3O4. The van der Waals surface area contributed by atoms with E-state index < -0.39 is 17.7 Å². The molecular weight excluding hydrogens is 393 g/mol. The van der Waals surface area contributed by atoms with E-state index in [0.29, 0.717) is 15.7 Å². The molecule has 0 spiro atoms. The molecule has 0 aliphatic heterocycles. The van der Waals surface area contributed by atoms with Gasteiger partial charge in [-0.1, -0.05) is 35.3 Å². The zero-order valence-corrected chi connectivity index (χ0v) is 15.9. The van der Waals surface area contributed by atoms with Gasteiger partial charge >= 0.3 is 0 Å². The fourth-order valence-corrected chi connectivity index (χ4v) is 2.42. The first-order valence-corrected chi connectivity index (χ1v) is 8.54. The standard InChI is InChI=1S/C18H17Cl2N3O4/c1-23(9-16(24)22-11-6-7-13(19)14(20)8-11)17(25)10-27-15-5-3-2-4-12(15)18(21)26/h2-8H,9-10H2,1H3,(H2,21,26)(H,22,24). The highest BCUT2D eigenvalue weighted by Crippen LogP contribution is 2.25. The third kappa shape index (κ3) is 5.87. The Labute approximate surface area is 166 Å². The van der Waals surface area contributed by atoms with Gasteiger partial charge in [-0.3, -0.25) is 14.4 Å². The molecule has 0 heterocycles. The summed E-state index contributed by atoms with van der Waals surface area (Å²) in [5, 5.41) is 3.29. The largest absolute Gasteiger partial charge is 0.483 e. The van der Waals surface area contributed by atoms with E-state index in [9.17, 15) is 14.4 Å². The smallest absolute Gasteiger partial charge is 0.260 e. The number of nitrogens with zero attached hydrogens (tertiary/aromatic N) is 1. The monoisotopic (exact) mass is 409 g/mol. The van der Waals surface area contributed by atoms with Crippen LogP contribution in [-0.2, 0) is 9.59 Å². The lowest BCUT2D eigenvalue weighted by atomic mass is 10.2. The number of rotatable bonds is 7. The summed E-state index contributed by atoms with van der Waals surface area (Å²) in [5.41, 5.74) is 5.89. The fraction of sp³-hybridized carbons (Fsp3) is 0.167. The van der Waals surface area contributed by atoms with Crippen LogP contribution in [0.1, 0.15) is 10.4 Å². The summed E-state index contributed by atoms with van der Waals surface area (Å²) in [6.07, 6.45) is 0. The third-order valence-corrected chi connectivity index (χ3v) is 4.25. The Bertz CT molecular complexity index is 873. The minimum Gasteiger partial charge on any atom is -0.483 e. The molecule has 0 aliphatic rings. The van der Waals surface area contributed by atoms with Gasteiger partial charge in [-0.15, -0.1) is 0 Å². The molecule has 2 aromatic rings. The fourth-order valence-electron chi connectivity index (χ4n) is 2.12. The Morgan fingerprint density at radius 3 is 2.48 bits per heavy atom. The van der Waals surface area contributed by atoms with E-state index in [2.05, 4.69) is 5.32 Å². The predicted molar refractivity (Wildman–Crippen MR) is 103 cm³/mol. The zero-order valence-electron chi connectivity index (χ0n) is 14.4. The number of carbonyl (C=O) groups excluding carboxylic acids is 3. The Kier molecular flexibility index (Phi) is 7.04. The van der Waals surface area contributed by atoms with Crippen LogP contribution in [0.2, 0.25) is 10.0 Å². The third-order valence-electron chi connectivity index (χ3n) is 3.51. The van der Waals surface area contributed by atoms with Crippen molar-refractivity contribution in [2.24, 2.45) is 5.73 Å². The van der Waals surface area contributed by atoms with Crippen LogP contribution in [0.15, 0.2) is 42.5 Å². The van der Waals surface area contributed by atoms with Crippen LogP contribution < -0.4 is 15.8 Å². The molecule has 0 radical (unpaired) electrons. The lowest BCUT2D eigenvalue weighted by Crippen LogP contribution is -2.37. The number of primary amides is 1. The first-order valence-electron chi connectivity index (χ1n) is 7.78. The van der Waals surface area contributed by atoms with Gasteiger partial charge in [0.05, 0.1) is 22.2 Å². The highest BCUT2D eigenvalue weighted by atomic mass is 35.5. The van der Waals surface area contributed by atoms with Gasteiger partial charge in [-0.2, -0.15) is 0 Å². The van der Waals surface area contributed by atoms with Crippen molar-refractivity contribution in [3.8, 4) is 5.75 Å². The van der Waals surface area contributed by atoms with Crippen molar-refractivity contribution < 1.29 is 19.1 Å². The van der Waals surface area contributed by atoms with Gasteiger partial charge in [-0.25, -0.2) is 0 Å². The Hall–Kier alpha value is -2.77. The first kappa shape index (κ1) is 20.5. The molecule has 27 heavy (non-hydrogen) atoms. The number of halogens is 2. The SMILES string of the molecule is CN(CC(=O)Nc1ccc(Cl)c(Cl)c1)C(=O)COc1ccccc1C(N)=O. The number of carbonyl (C=O) groups is 3. The molecule has 0 unspecified atom stereocenters. The Morgan fingerprint density at radius 2 is 1.81 bits per heavy atom. The summed E-state index contributed by atoms with van der Waals surface area (Å²) >= 11 is 11.7. The summed E-state index contributed by atoms with van der Waals surface area (Å²) in [7, 11) is 1.46. The van der Waals surface area contributed by atoms with E-state index in [1.807, 2.05) is 0 Å². The average molecular weight is 410 g/mol. The number of hydrogen-bond acceptors (Lipinski definition) is 4. The van der Waals surface area contributed by atoms with Gasteiger partial charge in [-0.05, 0) is 30.3 Å². The summed E-state index contributed by atoms with van der Waals surface area (Å²) in [6, 6.07) is 11.0. The van der Waals surface area contributed by atoms with Crippen LogP contribution in [0.3, 0.4) is 0 Å². The molecule has 0 bridgehead atoms. The van der Waals surface area contributed by atoms with Gasteiger partial charge in [0.15, 0.2) is 6.61 Å². The van der Waals surface area contributed by atoms with Gasteiger partial charge < -0.3 is 20.7 Å². The number of anilines is 1. The molecule has 9 heteroatoms. The summed E-state index contributed by atoms with van der Waals surface area (Å²) in [4.78, 5) is 36.7. The molecule has 0 atom stereocenters. The average Bonchev–Trinajstić information content (AvgIpc) is 2.62. The maximum atomic E-state index is 12.2. The lowest BCUT2D eigenvalue weighted by Gasteiger charge is -2.17. The van der Waals surface area contributed by atoms with Crippen molar-refractivity contribution in [2.75, 3.05) is 25.5 Å². The summed E-state index contributed by atoms with van der Waals surface area (Å²) in [6.45, 7) is -0.541. The second-order valence-electron chi connectivity index (χ2n) is 5.58. The topological polar surface area (TPSA) is 102 Å². The Morgan fingerprint density at radius 1 is 1.11 bits per heavy atom. The van der Waals surface area contributed by atoms with Crippen LogP contribution in [0.25, 0.3) is 0 Å². The zero-order chi connectivity index (χ0) is 20.0.